The summed E-state index contributed by atoms with van der Waals surface area (Å²) in [6.07, 6.45) is 15.4. The van der Waals surface area contributed by atoms with Gasteiger partial charge in [0.1, 0.15) is 17.5 Å². The first kappa shape index (κ1) is 23.9. The molecule has 1 aliphatic carbocycles. The van der Waals surface area contributed by atoms with E-state index in [1.54, 1.807) is 12.1 Å². The van der Waals surface area contributed by atoms with E-state index >= 15 is 0 Å². The van der Waals surface area contributed by atoms with Gasteiger partial charge in [-0.1, -0.05) is 76.7 Å². The summed E-state index contributed by atoms with van der Waals surface area (Å²) in [6.45, 7) is 11.0. The zero-order valence-corrected chi connectivity index (χ0v) is 19.2. The summed E-state index contributed by atoms with van der Waals surface area (Å²) in [5, 5.41) is 3.27. The average Bonchev–Trinajstić information content (AvgIpc) is 2.99. The van der Waals surface area contributed by atoms with Gasteiger partial charge in [0, 0.05) is 30.9 Å². The lowest BCUT2D eigenvalue weighted by Crippen LogP contribution is -2.35. The van der Waals surface area contributed by atoms with Crippen LogP contribution in [0.5, 0.6) is 0 Å². The molecule has 1 fully saturated rings. The molecule has 1 aromatic rings. The van der Waals surface area contributed by atoms with Crippen molar-refractivity contribution in [3.05, 3.63) is 65.9 Å². The molecule has 164 valence electrons. The Morgan fingerprint density at radius 2 is 1.97 bits per heavy atom. The molecule has 3 nitrogen and oxygen atoms in total. The molecule has 1 saturated carbocycles. The minimum Gasteiger partial charge on any atom is -0.337 e. The van der Waals surface area contributed by atoms with Gasteiger partial charge in [0.05, 0.1) is 0 Å². The van der Waals surface area contributed by atoms with E-state index in [0.717, 1.165) is 41.7 Å². The Labute approximate surface area is 182 Å². The zero-order valence-electron chi connectivity index (χ0n) is 19.2. The van der Waals surface area contributed by atoms with Crippen LogP contribution in [0.4, 0.5) is 4.39 Å². The molecule has 0 aromatic heterocycles. The van der Waals surface area contributed by atoms with Crippen LogP contribution in [-0.4, -0.2) is 24.3 Å². The molecule has 0 unspecified atom stereocenters. The lowest BCUT2D eigenvalue weighted by atomic mass is 10.0. The number of nitrogens with one attached hydrogen (secondary N) is 1. The van der Waals surface area contributed by atoms with E-state index in [4.69, 9.17) is 0 Å². The number of halogens is 1. The lowest BCUT2D eigenvalue weighted by Gasteiger charge is -2.27. The number of amidine groups is 1. The predicted molar refractivity (Wildman–Crippen MR) is 128 cm³/mol. The molecule has 0 bridgehead atoms. The van der Waals surface area contributed by atoms with Gasteiger partial charge in [0.15, 0.2) is 0 Å². The summed E-state index contributed by atoms with van der Waals surface area (Å²) in [5.74, 6) is 2.32. The van der Waals surface area contributed by atoms with Gasteiger partial charge in [0.25, 0.3) is 0 Å². The smallest absolute Gasteiger partial charge is 0.131 e. The van der Waals surface area contributed by atoms with Crippen LogP contribution in [-0.2, 0) is 0 Å². The molecule has 1 aliphatic heterocycles. The van der Waals surface area contributed by atoms with E-state index in [-0.39, 0.29) is 5.82 Å². The Hall–Kier alpha value is -2.36. The van der Waals surface area contributed by atoms with Crippen molar-refractivity contribution in [2.24, 2.45) is 10.9 Å². The van der Waals surface area contributed by atoms with Crippen LogP contribution in [0.1, 0.15) is 69.9 Å². The van der Waals surface area contributed by atoms with Gasteiger partial charge >= 0.3 is 0 Å². The van der Waals surface area contributed by atoms with Crippen LogP contribution in [0.3, 0.4) is 0 Å². The van der Waals surface area contributed by atoms with Gasteiger partial charge in [-0.3, -0.25) is 4.99 Å². The SMILES string of the molecule is C=C/C(=C1/NC(=NCCC)C=CN1C)c1cc(C)ccc1F.CC1CCCCCC1. The number of hydrogen-bond acceptors (Lipinski definition) is 2. The molecular formula is C26H38FN3. The highest BCUT2D eigenvalue weighted by Gasteiger charge is 2.17. The third-order valence-electron chi connectivity index (χ3n) is 5.58. The van der Waals surface area contributed by atoms with Crippen LogP contribution in [0.25, 0.3) is 5.57 Å². The molecule has 1 heterocycles. The van der Waals surface area contributed by atoms with Crippen molar-refractivity contribution < 1.29 is 4.39 Å². The maximum Gasteiger partial charge on any atom is 0.131 e. The Kier molecular flexibility index (Phi) is 9.85. The van der Waals surface area contributed by atoms with Crippen LogP contribution < -0.4 is 5.32 Å². The molecular weight excluding hydrogens is 373 g/mol. The fraction of sp³-hybridized carbons (Fsp3) is 0.500. The van der Waals surface area contributed by atoms with Crippen LogP contribution >= 0.6 is 0 Å². The maximum absolute atomic E-state index is 14.2. The van der Waals surface area contributed by atoms with E-state index in [0.29, 0.717) is 5.56 Å². The highest BCUT2D eigenvalue weighted by molar-refractivity contribution is 5.96. The molecule has 1 aromatic carbocycles. The van der Waals surface area contributed by atoms with Crippen molar-refractivity contribution in [1.82, 2.24) is 10.2 Å². The van der Waals surface area contributed by atoms with E-state index in [2.05, 4.69) is 30.7 Å². The maximum atomic E-state index is 14.2. The Morgan fingerprint density at radius 3 is 2.60 bits per heavy atom. The number of aryl methyl sites for hydroxylation is 1. The fourth-order valence-corrected chi connectivity index (χ4v) is 3.75. The highest BCUT2D eigenvalue weighted by Crippen LogP contribution is 2.25. The zero-order chi connectivity index (χ0) is 21.9. The van der Waals surface area contributed by atoms with Crippen molar-refractivity contribution in [3.8, 4) is 0 Å². The predicted octanol–water partition coefficient (Wildman–Crippen LogP) is 6.82. The molecule has 3 rings (SSSR count). The quantitative estimate of drug-likeness (QED) is 0.550. The third kappa shape index (κ3) is 7.16. The molecule has 30 heavy (non-hydrogen) atoms. The number of benzene rings is 1. The van der Waals surface area contributed by atoms with Crippen LogP contribution in [0.2, 0.25) is 0 Å². The Bertz CT molecular complexity index is 783. The highest BCUT2D eigenvalue weighted by atomic mass is 19.1. The van der Waals surface area contributed by atoms with Crippen molar-refractivity contribution in [2.45, 2.75) is 65.7 Å². The second kappa shape index (κ2) is 12.4. The van der Waals surface area contributed by atoms with E-state index in [1.165, 1.54) is 44.6 Å². The number of hydrogen-bond donors (Lipinski definition) is 1. The fourth-order valence-electron chi connectivity index (χ4n) is 3.75. The minimum absolute atomic E-state index is 0.259. The average molecular weight is 412 g/mol. The van der Waals surface area contributed by atoms with Crippen molar-refractivity contribution >= 4 is 11.4 Å². The normalized spacial score (nSPS) is 20.2. The molecule has 4 heteroatoms. The number of allylic oxidation sites excluding steroid dienone is 2. The van der Waals surface area contributed by atoms with Gasteiger partial charge in [-0.25, -0.2) is 4.39 Å². The summed E-state index contributed by atoms with van der Waals surface area (Å²) in [7, 11) is 1.91. The molecule has 0 spiro atoms. The molecule has 0 amide bonds. The molecule has 0 atom stereocenters. The van der Waals surface area contributed by atoms with Gasteiger partial charge in [-0.05, 0) is 37.5 Å². The first-order chi connectivity index (χ1) is 14.5. The number of aliphatic imine (C=N–C) groups is 1. The first-order valence-electron chi connectivity index (χ1n) is 11.3. The van der Waals surface area contributed by atoms with E-state index in [1.807, 2.05) is 37.2 Å². The minimum atomic E-state index is -0.259. The van der Waals surface area contributed by atoms with Gasteiger partial charge in [0.2, 0.25) is 0 Å². The lowest BCUT2D eigenvalue weighted by molar-refractivity contribution is 0.505. The summed E-state index contributed by atoms with van der Waals surface area (Å²) in [6, 6.07) is 5.08. The monoisotopic (exact) mass is 411 g/mol. The summed E-state index contributed by atoms with van der Waals surface area (Å²) < 4.78 is 14.2. The molecule has 1 N–H and O–H groups in total. The standard InChI is InChI=1S/C18H22FN3.C8H16/c1-5-10-20-17-9-11-22(4)18(21-17)14(6-2)15-12-13(3)7-8-16(15)19;1-8-6-4-2-3-5-7-8/h6-9,11-12H,2,5,10H2,1,3-4H3,(H,20,21);8H,2-7H2,1H3/b18-14+;. The second-order valence-corrected chi connectivity index (χ2v) is 8.37. The van der Waals surface area contributed by atoms with Crippen molar-refractivity contribution in [2.75, 3.05) is 13.6 Å². The summed E-state index contributed by atoms with van der Waals surface area (Å²) in [5.41, 5.74) is 2.26. The second-order valence-electron chi connectivity index (χ2n) is 8.37. The largest absolute Gasteiger partial charge is 0.337 e. The topological polar surface area (TPSA) is 27.6 Å². The number of nitrogens with zero attached hydrogens (tertiary/aromatic N) is 2. The van der Waals surface area contributed by atoms with Crippen molar-refractivity contribution in [1.29, 1.82) is 0 Å². The third-order valence-corrected chi connectivity index (χ3v) is 5.58. The molecule has 0 radical (unpaired) electrons. The number of rotatable bonds is 4. The Morgan fingerprint density at radius 1 is 1.27 bits per heavy atom. The van der Waals surface area contributed by atoms with E-state index in [9.17, 15) is 4.39 Å². The van der Waals surface area contributed by atoms with Crippen LogP contribution in [0.15, 0.2) is 53.9 Å². The summed E-state index contributed by atoms with van der Waals surface area (Å²) in [4.78, 5) is 6.37. The van der Waals surface area contributed by atoms with Crippen molar-refractivity contribution in [3.63, 3.8) is 0 Å². The first-order valence-corrected chi connectivity index (χ1v) is 11.3. The van der Waals surface area contributed by atoms with Gasteiger partial charge in [-0.15, -0.1) is 0 Å². The van der Waals surface area contributed by atoms with Gasteiger partial charge in [-0.2, -0.15) is 0 Å². The Balaban J connectivity index is 0.000000335. The van der Waals surface area contributed by atoms with E-state index < -0.39 is 0 Å². The molecule has 2 aliphatic rings. The van der Waals surface area contributed by atoms with Gasteiger partial charge < -0.3 is 10.2 Å². The molecule has 0 saturated heterocycles. The summed E-state index contributed by atoms with van der Waals surface area (Å²) >= 11 is 0. The van der Waals surface area contributed by atoms with Crippen LogP contribution in [0, 0.1) is 18.7 Å².